The van der Waals surface area contributed by atoms with E-state index in [1.165, 1.54) is 24.4 Å². The number of nitrogens with zero attached hydrogens (tertiary/aromatic N) is 3. The summed E-state index contributed by atoms with van der Waals surface area (Å²) in [5.74, 6) is -0.667. The van der Waals surface area contributed by atoms with Crippen molar-refractivity contribution in [1.29, 1.82) is 0 Å². The van der Waals surface area contributed by atoms with Gasteiger partial charge in [0, 0.05) is 11.6 Å². The van der Waals surface area contributed by atoms with Crippen molar-refractivity contribution in [2.75, 3.05) is 0 Å². The number of carbonyl (C=O) groups excluding carboxylic acids is 1. The maximum atomic E-state index is 11.6. The lowest BCUT2D eigenvalue weighted by atomic mass is 10.2. The maximum Gasteiger partial charge on any atom is 0.342 e. The molecule has 1 aromatic carbocycles. The summed E-state index contributed by atoms with van der Waals surface area (Å²) in [6.45, 7) is 0. The van der Waals surface area contributed by atoms with Gasteiger partial charge in [0.25, 0.3) is 11.2 Å². The Morgan fingerprint density at radius 3 is 2.88 bits per heavy atom. The lowest BCUT2D eigenvalue weighted by molar-refractivity contribution is -0.384. The fourth-order valence-corrected chi connectivity index (χ4v) is 1.80. The van der Waals surface area contributed by atoms with Crippen molar-refractivity contribution in [1.82, 2.24) is 20.6 Å². The van der Waals surface area contributed by atoms with Crippen molar-refractivity contribution in [3.05, 3.63) is 65.4 Å². The first-order chi connectivity index (χ1) is 11.4. The lowest BCUT2D eigenvalue weighted by Crippen LogP contribution is -2.31. The van der Waals surface area contributed by atoms with E-state index in [2.05, 4.69) is 15.6 Å². The predicted molar refractivity (Wildman–Crippen MR) is 83.0 cm³/mol. The Morgan fingerprint density at radius 1 is 1.46 bits per heavy atom. The highest BCUT2D eigenvalue weighted by Gasteiger charge is 2.12. The summed E-state index contributed by atoms with van der Waals surface area (Å²) in [6.07, 6.45) is 0.760. The van der Waals surface area contributed by atoms with Crippen molar-refractivity contribution in [2.45, 2.75) is 6.42 Å². The summed E-state index contributed by atoms with van der Waals surface area (Å²) in [5, 5.41) is 19.8. The molecule has 0 aliphatic heterocycles. The van der Waals surface area contributed by atoms with Crippen LogP contribution in [0.5, 0.6) is 0 Å². The third kappa shape index (κ3) is 4.33. The number of rotatable bonds is 5. The molecule has 0 aliphatic carbocycles. The number of hydrazone groups is 1. The minimum absolute atomic E-state index is 0.0236. The Labute approximate surface area is 137 Å². The first-order valence-electron chi connectivity index (χ1n) is 6.30. The van der Waals surface area contributed by atoms with Gasteiger partial charge in [0.2, 0.25) is 5.91 Å². The number of hydrogen-bond donors (Lipinski definition) is 3. The summed E-state index contributed by atoms with van der Waals surface area (Å²) in [5.41, 5.74) is 0.410. The van der Waals surface area contributed by atoms with Crippen LogP contribution < -0.4 is 16.7 Å². The molecule has 0 saturated heterocycles. The molecule has 2 rings (SSSR count). The number of halogens is 1. The second kappa shape index (κ2) is 7.28. The van der Waals surface area contributed by atoms with E-state index in [0.717, 1.165) is 0 Å². The summed E-state index contributed by atoms with van der Waals surface area (Å²) in [7, 11) is 0. The Bertz CT molecular complexity index is 934. The van der Waals surface area contributed by atoms with Gasteiger partial charge >= 0.3 is 5.69 Å². The molecule has 0 atom stereocenters. The number of hydrogen-bond acceptors (Lipinski definition) is 7. The van der Waals surface area contributed by atoms with Gasteiger partial charge in [-0.05, 0) is 6.07 Å². The van der Waals surface area contributed by atoms with Gasteiger partial charge in [0.1, 0.15) is 10.7 Å². The highest BCUT2D eigenvalue weighted by molar-refractivity contribution is 6.32. The topological polar surface area (TPSA) is 163 Å². The fraction of sp³-hybridized carbons (Fsp3) is 0.0833. The minimum Gasteiger partial charge on any atom is -0.273 e. The molecule has 0 aliphatic rings. The number of benzene rings is 1. The highest BCUT2D eigenvalue weighted by atomic mass is 35.5. The Morgan fingerprint density at radius 2 is 2.21 bits per heavy atom. The molecule has 0 bridgehead atoms. The smallest absolute Gasteiger partial charge is 0.273 e. The Hall–Kier alpha value is -3.34. The second-order valence-corrected chi connectivity index (χ2v) is 4.80. The standard InChI is InChI=1S/C12H9ClN6O5/c13-7-2-1-6(3-9(7)19(23)24)5-14-17-10(20)4-8-11(21)15-12(22)18-16-8/h1-3,5H,4H2,(H,17,20)(H2,15,18,21,22). The molecule has 3 N–H and O–H groups in total. The van der Waals surface area contributed by atoms with Crippen LogP contribution in [0.2, 0.25) is 5.02 Å². The lowest BCUT2D eigenvalue weighted by Gasteiger charge is -1.99. The molecule has 24 heavy (non-hydrogen) atoms. The van der Waals surface area contributed by atoms with Gasteiger partial charge in [-0.3, -0.25) is 24.7 Å². The monoisotopic (exact) mass is 352 g/mol. The zero-order chi connectivity index (χ0) is 17.7. The SMILES string of the molecule is O=C(Cc1n[nH]c(=O)[nH]c1=O)NN=Cc1ccc(Cl)c([N+](=O)[O-])c1. The van der Waals surface area contributed by atoms with E-state index in [1.54, 1.807) is 0 Å². The van der Waals surface area contributed by atoms with Gasteiger partial charge in [-0.1, -0.05) is 17.7 Å². The molecule has 1 heterocycles. The van der Waals surface area contributed by atoms with Crippen LogP contribution in [0.15, 0.2) is 32.9 Å². The third-order valence-corrected chi connectivity index (χ3v) is 3.00. The van der Waals surface area contributed by atoms with Gasteiger partial charge in [-0.25, -0.2) is 15.3 Å². The molecular formula is C12H9ClN6O5. The van der Waals surface area contributed by atoms with E-state index in [4.69, 9.17) is 11.6 Å². The number of aromatic nitrogens is 3. The molecule has 0 fully saturated rings. The number of nitro groups is 1. The molecule has 12 heteroatoms. The van der Waals surface area contributed by atoms with Gasteiger partial charge in [-0.15, -0.1) is 0 Å². The maximum absolute atomic E-state index is 11.6. The molecule has 2 aromatic rings. The zero-order valence-corrected chi connectivity index (χ0v) is 12.5. The van der Waals surface area contributed by atoms with Crippen LogP contribution in [-0.2, 0) is 11.2 Å². The number of aromatic amines is 2. The minimum atomic E-state index is -0.786. The van der Waals surface area contributed by atoms with E-state index in [9.17, 15) is 24.5 Å². The first kappa shape index (κ1) is 17.0. The number of carbonyl (C=O) groups is 1. The highest BCUT2D eigenvalue weighted by Crippen LogP contribution is 2.24. The van der Waals surface area contributed by atoms with Crippen LogP contribution in [0, 0.1) is 10.1 Å². The Balaban J connectivity index is 2.02. The van der Waals surface area contributed by atoms with Crippen LogP contribution in [-0.4, -0.2) is 32.2 Å². The molecule has 0 radical (unpaired) electrons. The Kier molecular flexibility index (Phi) is 5.16. The van der Waals surface area contributed by atoms with Gasteiger partial charge in [0.15, 0.2) is 0 Å². The van der Waals surface area contributed by atoms with E-state index in [-0.39, 0.29) is 16.4 Å². The van der Waals surface area contributed by atoms with Crippen LogP contribution in [0.4, 0.5) is 5.69 Å². The number of H-pyrrole nitrogens is 2. The van der Waals surface area contributed by atoms with Crippen molar-refractivity contribution >= 4 is 29.4 Å². The molecule has 11 nitrogen and oxygen atoms in total. The van der Waals surface area contributed by atoms with E-state index in [0.29, 0.717) is 5.56 Å². The van der Waals surface area contributed by atoms with Crippen LogP contribution in [0.1, 0.15) is 11.3 Å². The van der Waals surface area contributed by atoms with Crippen molar-refractivity contribution in [3.8, 4) is 0 Å². The molecule has 1 amide bonds. The summed E-state index contributed by atoms with van der Waals surface area (Å²) >= 11 is 5.67. The number of amides is 1. The average molecular weight is 353 g/mol. The normalized spacial score (nSPS) is 10.7. The molecule has 0 unspecified atom stereocenters. The number of nitro benzene ring substituents is 1. The van der Waals surface area contributed by atoms with E-state index < -0.39 is 28.5 Å². The summed E-state index contributed by atoms with van der Waals surface area (Å²) < 4.78 is 0. The molecular weight excluding hydrogens is 344 g/mol. The van der Waals surface area contributed by atoms with Crippen LogP contribution in [0.25, 0.3) is 0 Å². The zero-order valence-electron chi connectivity index (χ0n) is 11.8. The quantitative estimate of drug-likeness (QED) is 0.380. The van der Waals surface area contributed by atoms with Crippen LogP contribution in [0.3, 0.4) is 0 Å². The van der Waals surface area contributed by atoms with Crippen molar-refractivity contribution in [3.63, 3.8) is 0 Å². The molecule has 0 spiro atoms. The van der Waals surface area contributed by atoms with Crippen molar-refractivity contribution in [2.24, 2.45) is 5.10 Å². The molecule has 124 valence electrons. The van der Waals surface area contributed by atoms with Gasteiger partial charge in [-0.2, -0.15) is 10.2 Å². The fourth-order valence-electron chi connectivity index (χ4n) is 1.61. The van der Waals surface area contributed by atoms with E-state index >= 15 is 0 Å². The number of nitrogens with one attached hydrogen (secondary N) is 3. The van der Waals surface area contributed by atoms with Crippen molar-refractivity contribution < 1.29 is 9.72 Å². The largest absolute Gasteiger partial charge is 0.342 e. The predicted octanol–water partition coefficient (Wildman–Crippen LogP) is -0.287. The van der Waals surface area contributed by atoms with Crippen LogP contribution >= 0.6 is 11.6 Å². The summed E-state index contributed by atoms with van der Waals surface area (Å²) in [4.78, 5) is 45.8. The second-order valence-electron chi connectivity index (χ2n) is 4.39. The molecule has 0 saturated carbocycles. The van der Waals surface area contributed by atoms with Gasteiger partial charge in [0.05, 0.1) is 17.6 Å². The summed E-state index contributed by atoms with van der Waals surface area (Å²) in [6, 6.07) is 3.98. The average Bonchev–Trinajstić information content (AvgIpc) is 2.51. The first-order valence-corrected chi connectivity index (χ1v) is 6.68. The molecule has 1 aromatic heterocycles. The van der Waals surface area contributed by atoms with E-state index in [1.807, 2.05) is 10.1 Å². The third-order valence-electron chi connectivity index (χ3n) is 2.68. The van der Waals surface area contributed by atoms with Gasteiger partial charge < -0.3 is 0 Å².